The number of carbonyl (C=O) groups is 1. The van der Waals surface area contributed by atoms with Gasteiger partial charge in [-0.2, -0.15) is 0 Å². The van der Waals surface area contributed by atoms with Crippen molar-refractivity contribution in [3.8, 4) is 0 Å². The fraction of sp³-hybridized carbons (Fsp3) is 0.353. The summed E-state index contributed by atoms with van der Waals surface area (Å²) in [7, 11) is 0. The highest BCUT2D eigenvalue weighted by Crippen LogP contribution is 2.42. The van der Waals surface area contributed by atoms with Gasteiger partial charge in [0.25, 0.3) is 0 Å². The molecule has 0 radical (unpaired) electrons. The minimum absolute atomic E-state index is 0.217. The molecule has 1 nitrogen and oxygen atoms in total. The number of hydrogen-bond acceptors (Lipinski definition) is 2. The maximum absolute atomic E-state index is 12.8. The van der Waals surface area contributed by atoms with Crippen molar-refractivity contribution in [2.24, 2.45) is 0 Å². The Kier molecular flexibility index (Phi) is 3.52. The molecule has 3 rings (SSSR count). The summed E-state index contributed by atoms with van der Waals surface area (Å²) < 4.78 is 0. The maximum atomic E-state index is 12.8. The highest BCUT2D eigenvalue weighted by molar-refractivity contribution is 7.10. The molecule has 0 N–H and O–H groups in total. The fourth-order valence-corrected chi connectivity index (χ4v) is 3.91. The van der Waals surface area contributed by atoms with Gasteiger partial charge < -0.3 is 0 Å². The molecule has 1 heterocycles. The lowest BCUT2D eigenvalue weighted by Gasteiger charge is -2.28. The Labute approximate surface area is 118 Å². The molecular formula is C17H18OS. The van der Waals surface area contributed by atoms with Crippen molar-refractivity contribution >= 4 is 17.1 Å². The van der Waals surface area contributed by atoms with Gasteiger partial charge in [-0.15, -0.1) is 11.3 Å². The van der Waals surface area contributed by atoms with Crippen molar-refractivity contribution in [2.45, 2.75) is 37.5 Å². The van der Waals surface area contributed by atoms with E-state index in [1.54, 1.807) is 11.3 Å². The summed E-state index contributed by atoms with van der Waals surface area (Å²) in [5.74, 6) is 0.402. The first-order valence-corrected chi connectivity index (χ1v) is 7.80. The third-order valence-electron chi connectivity index (χ3n) is 4.23. The number of rotatable bonds is 4. The number of ketones is 1. The first-order valence-electron chi connectivity index (χ1n) is 6.92. The summed E-state index contributed by atoms with van der Waals surface area (Å²) in [6.45, 7) is 0. The smallest absolute Gasteiger partial charge is 0.148 e. The van der Waals surface area contributed by atoms with Gasteiger partial charge in [-0.3, -0.25) is 4.79 Å². The summed E-state index contributed by atoms with van der Waals surface area (Å²) in [5.41, 5.74) is 1.000. The molecule has 0 spiro atoms. The summed E-state index contributed by atoms with van der Waals surface area (Å²) in [5, 5.41) is 2.05. The molecule has 2 aromatic rings. The standard InChI is InChI=1S/C17H18OS/c18-16(13-15-9-6-12-19-15)17(10-4-5-11-17)14-7-2-1-3-8-14/h1-3,6-9,12H,4-5,10-11,13H2. The molecule has 0 unspecified atom stereocenters. The van der Waals surface area contributed by atoms with E-state index in [-0.39, 0.29) is 5.41 Å². The van der Waals surface area contributed by atoms with Crippen LogP contribution < -0.4 is 0 Å². The zero-order valence-corrected chi connectivity index (χ0v) is 11.8. The number of carbonyl (C=O) groups excluding carboxylic acids is 1. The second-order valence-corrected chi connectivity index (χ2v) is 6.37. The van der Waals surface area contributed by atoms with E-state index >= 15 is 0 Å². The second-order valence-electron chi connectivity index (χ2n) is 5.33. The van der Waals surface area contributed by atoms with Gasteiger partial charge in [0.1, 0.15) is 5.78 Å². The molecule has 1 fully saturated rings. The van der Waals surface area contributed by atoms with Crippen LogP contribution in [0.1, 0.15) is 36.1 Å². The van der Waals surface area contributed by atoms with Gasteiger partial charge in [0.2, 0.25) is 0 Å². The van der Waals surface area contributed by atoms with Gasteiger partial charge in [0.15, 0.2) is 0 Å². The molecule has 0 aliphatic heterocycles. The molecule has 1 aromatic heterocycles. The van der Waals surface area contributed by atoms with Crippen molar-refractivity contribution in [1.29, 1.82) is 0 Å². The molecule has 0 atom stereocenters. The molecule has 1 saturated carbocycles. The zero-order valence-electron chi connectivity index (χ0n) is 11.0. The molecule has 0 amide bonds. The lowest BCUT2D eigenvalue weighted by Crippen LogP contribution is -2.34. The van der Waals surface area contributed by atoms with Gasteiger partial charge in [0.05, 0.1) is 5.41 Å². The van der Waals surface area contributed by atoms with Crippen LogP contribution in [-0.2, 0) is 16.6 Å². The predicted molar refractivity (Wildman–Crippen MR) is 79.6 cm³/mol. The van der Waals surface area contributed by atoms with Crippen molar-refractivity contribution in [2.75, 3.05) is 0 Å². The van der Waals surface area contributed by atoms with E-state index in [9.17, 15) is 4.79 Å². The summed E-state index contributed by atoms with van der Waals surface area (Å²) in [6.07, 6.45) is 4.96. The SMILES string of the molecule is O=C(Cc1cccs1)C1(c2ccccc2)CCCC1. The van der Waals surface area contributed by atoms with Crippen molar-refractivity contribution in [3.63, 3.8) is 0 Å². The van der Waals surface area contributed by atoms with Crippen LogP contribution in [0.2, 0.25) is 0 Å². The summed E-state index contributed by atoms with van der Waals surface area (Å²) >= 11 is 1.68. The van der Waals surface area contributed by atoms with Crippen LogP contribution in [0.25, 0.3) is 0 Å². The largest absolute Gasteiger partial charge is 0.298 e. The Bertz CT molecular complexity index is 536. The van der Waals surface area contributed by atoms with Crippen LogP contribution in [0.4, 0.5) is 0 Å². The Morgan fingerprint density at radius 1 is 1.05 bits per heavy atom. The normalized spacial score (nSPS) is 17.5. The molecule has 1 aliphatic rings. The van der Waals surface area contributed by atoms with E-state index in [0.29, 0.717) is 12.2 Å². The van der Waals surface area contributed by atoms with E-state index in [4.69, 9.17) is 0 Å². The highest BCUT2D eigenvalue weighted by atomic mass is 32.1. The van der Waals surface area contributed by atoms with E-state index in [0.717, 1.165) is 12.8 Å². The maximum Gasteiger partial charge on any atom is 0.148 e. The van der Waals surface area contributed by atoms with Crippen molar-refractivity contribution in [3.05, 3.63) is 58.3 Å². The fourth-order valence-electron chi connectivity index (χ4n) is 3.20. The number of Topliss-reactive ketones (excluding diaryl/α,β-unsaturated/α-hetero) is 1. The Morgan fingerprint density at radius 3 is 2.42 bits per heavy atom. The Morgan fingerprint density at radius 2 is 1.79 bits per heavy atom. The first-order chi connectivity index (χ1) is 9.31. The lowest BCUT2D eigenvalue weighted by atomic mass is 9.74. The monoisotopic (exact) mass is 270 g/mol. The average Bonchev–Trinajstić information content (AvgIpc) is 3.11. The minimum atomic E-state index is -0.217. The number of thiophene rings is 1. The van der Waals surface area contributed by atoms with Crippen LogP contribution in [0.3, 0.4) is 0 Å². The molecule has 1 aliphatic carbocycles. The predicted octanol–water partition coefficient (Wildman–Crippen LogP) is 4.37. The quantitative estimate of drug-likeness (QED) is 0.806. The first kappa shape index (κ1) is 12.6. The average molecular weight is 270 g/mol. The van der Waals surface area contributed by atoms with Gasteiger partial charge in [0, 0.05) is 11.3 Å². The molecule has 2 heteroatoms. The Balaban J connectivity index is 1.90. The number of benzene rings is 1. The van der Waals surface area contributed by atoms with Crippen LogP contribution in [0, 0.1) is 0 Å². The van der Waals surface area contributed by atoms with Crippen LogP contribution in [-0.4, -0.2) is 5.78 Å². The molecule has 0 saturated heterocycles. The lowest BCUT2D eigenvalue weighted by molar-refractivity contribution is -0.123. The molecular weight excluding hydrogens is 252 g/mol. The molecule has 98 valence electrons. The minimum Gasteiger partial charge on any atom is -0.298 e. The van der Waals surface area contributed by atoms with E-state index in [1.807, 2.05) is 29.6 Å². The number of hydrogen-bond donors (Lipinski definition) is 0. The zero-order chi connectivity index (χ0) is 13.1. The van der Waals surface area contributed by atoms with E-state index in [1.165, 1.54) is 23.3 Å². The van der Waals surface area contributed by atoms with Gasteiger partial charge >= 0.3 is 0 Å². The van der Waals surface area contributed by atoms with Crippen molar-refractivity contribution < 1.29 is 4.79 Å². The topological polar surface area (TPSA) is 17.1 Å². The third-order valence-corrected chi connectivity index (χ3v) is 5.11. The van der Waals surface area contributed by atoms with Crippen molar-refractivity contribution in [1.82, 2.24) is 0 Å². The van der Waals surface area contributed by atoms with Gasteiger partial charge in [-0.25, -0.2) is 0 Å². The van der Waals surface area contributed by atoms with Gasteiger partial charge in [-0.05, 0) is 29.9 Å². The summed E-state index contributed by atoms with van der Waals surface area (Å²) in [4.78, 5) is 14.0. The van der Waals surface area contributed by atoms with Crippen LogP contribution >= 0.6 is 11.3 Å². The van der Waals surface area contributed by atoms with Gasteiger partial charge in [-0.1, -0.05) is 49.2 Å². The molecule has 0 bridgehead atoms. The third kappa shape index (κ3) is 2.37. The Hall–Kier alpha value is -1.41. The summed E-state index contributed by atoms with van der Waals surface area (Å²) in [6, 6.07) is 14.5. The second kappa shape index (κ2) is 5.30. The highest BCUT2D eigenvalue weighted by Gasteiger charge is 2.41. The van der Waals surface area contributed by atoms with E-state index in [2.05, 4.69) is 18.2 Å². The van der Waals surface area contributed by atoms with Crippen LogP contribution in [0.5, 0.6) is 0 Å². The molecule has 1 aromatic carbocycles. The molecule has 19 heavy (non-hydrogen) atoms. The van der Waals surface area contributed by atoms with Crippen LogP contribution in [0.15, 0.2) is 47.8 Å². The van der Waals surface area contributed by atoms with E-state index < -0.39 is 0 Å².